The van der Waals surface area contributed by atoms with Crippen LogP contribution in [0, 0.1) is 0 Å². The van der Waals surface area contributed by atoms with E-state index in [1.807, 2.05) is 7.85 Å². The Kier molecular flexibility index (Phi) is 1.94. The highest BCUT2D eigenvalue weighted by molar-refractivity contribution is 6.11. The van der Waals surface area contributed by atoms with Crippen molar-refractivity contribution in [3.8, 4) is 0 Å². The molecule has 4 atom stereocenters. The molecule has 0 saturated carbocycles. The Morgan fingerprint density at radius 1 is 1.67 bits per heavy atom. The van der Waals surface area contributed by atoms with Crippen LogP contribution < -0.4 is 0 Å². The monoisotopic (exact) mass is 170 g/mol. The molecular weight excluding hydrogens is 155 g/mol. The van der Waals surface area contributed by atoms with Gasteiger partial charge in [0.2, 0.25) is 0 Å². The van der Waals surface area contributed by atoms with Gasteiger partial charge in [-0.05, 0) is 6.42 Å². The van der Waals surface area contributed by atoms with Gasteiger partial charge >= 0.3 is 0 Å². The van der Waals surface area contributed by atoms with Gasteiger partial charge in [-0.1, -0.05) is 6.92 Å². The van der Waals surface area contributed by atoms with Crippen molar-refractivity contribution in [2.24, 2.45) is 0 Å². The van der Waals surface area contributed by atoms with E-state index in [1.165, 1.54) is 0 Å². The van der Waals surface area contributed by atoms with Crippen LogP contribution in [0.15, 0.2) is 0 Å². The van der Waals surface area contributed by atoms with Crippen LogP contribution in [0.4, 0.5) is 0 Å². The van der Waals surface area contributed by atoms with Gasteiger partial charge in [-0.2, -0.15) is 0 Å². The summed E-state index contributed by atoms with van der Waals surface area (Å²) in [6.45, 7) is 2.81. The molecule has 0 amide bonds. The molecule has 2 rings (SSSR count). The SMILES string of the molecule is BC1O[C@@]2(CC)COC1C2OC. The summed E-state index contributed by atoms with van der Waals surface area (Å²) in [4.78, 5) is 0. The molecule has 2 aliphatic rings. The third-order valence-corrected chi connectivity index (χ3v) is 3.07. The Hall–Kier alpha value is -0.0551. The largest absolute Gasteiger partial charge is 0.376 e. The molecule has 4 heteroatoms. The standard InChI is InChI=1S/C8H15BO3/c1-3-8-4-11-5(6(8)10-2)7(9)12-8/h5-7H,3-4,9H2,1-2H3/t5?,6?,7?,8-/m0/s1. The van der Waals surface area contributed by atoms with Crippen molar-refractivity contribution in [2.75, 3.05) is 13.7 Å². The van der Waals surface area contributed by atoms with Crippen LogP contribution in [-0.4, -0.2) is 45.4 Å². The van der Waals surface area contributed by atoms with Gasteiger partial charge in [-0.25, -0.2) is 0 Å². The highest BCUT2D eigenvalue weighted by Crippen LogP contribution is 2.42. The highest BCUT2D eigenvalue weighted by atomic mass is 16.7. The predicted octanol–water partition coefficient (Wildman–Crippen LogP) is -0.462. The maximum Gasteiger partial charge on any atom is 0.142 e. The number of methoxy groups -OCH3 is 1. The maximum absolute atomic E-state index is 5.85. The molecule has 2 heterocycles. The molecule has 0 aliphatic carbocycles. The topological polar surface area (TPSA) is 27.7 Å². The lowest BCUT2D eigenvalue weighted by Gasteiger charge is -2.28. The van der Waals surface area contributed by atoms with E-state index in [4.69, 9.17) is 14.2 Å². The first kappa shape index (κ1) is 8.54. The van der Waals surface area contributed by atoms with E-state index in [1.54, 1.807) is 7.11 Å². The minimum atomic E-state index is -0.154. The minimum absolute atomic E-state index is 0.137. The molecule has 2 fully saturated rings. The summed E-state index contributed by atoms with van der Waals surface area (Å²) in [5, 5.41) is 0. The fourth-order valence-corrected chi connectivity index (χ4v) is 2.36. The summed E-state index contributed by atoms with van der Waals surface area (Å²) in [6, 6.07) is 0.184. The van der Waals surface area contributed by atoms with E-state index in [2.05, 4.69) is 6.92 Å². The molecule has 0 radical (unpaired) electrons. The van der Waals surface area contributed by atoms with Gasteiger partial charge in [0.15, 0.2) is 0 Å². The van der Waals surface area contributed by atoms with E-state index in [0.29, 0.717) is 6.61 Å². The molecule has 12 heavy (non-hydrogen) atoms. The van der Waals surface area contributed by atoms with Crippen LogP contribution in [0.1, 0.15) is 13.3 Å². The quantitative estimate of drug-likeness (QED) is 0.524. The summed E-state index contributed by atoms with van der Waals surface area (Å²) in [5.74, 6) is 0. The molecular formula is C8H15BO3. The molecule has 0 spiro atoms. The average Bonchev–Trinajstić information content (AvgIpc) is 2.56. The minimum Gasteiger partial charge on any atom is -0.376 e. The van der Waals surface area contributed by atoms with Gasteiger partial charge in [0.1, 0.15) is 25.7 Å². The molecule has 3 unspecified atom stereocenters. The van der Waals surface area contributed by atoms with Crippen molar-refractivity contribution in [1.82, 2.24) is 0 Å². The zero-order chi connectivity index (χ0) is 8.77. The molecule has 2 bridgehead atoms. The first-order valence-corrected chi connectivity index (χ1v) is 4.56. The van der Waals surface area contributed by atoms with Gasteiger partial charge in [0.25, 0.3) is 0 Å². The maximum atomic E-state index is 5.85. The van der Waals surface area contributed by atoms with Crippen molar-refractivity contribution >= 4 is 7.85 Å². The second kappa shape index (κ2) is 2.72. The van der Waals surface area contributed by atoms with E-state index >= 15 is 0 Å². The fourth-order valence-electron chi connectivity index (χ4n) is 2.36. The molecule has 0 aromatic carbocycles. The molecule has 2 saturated heterocycles. The molecule has 0 aromatic rings. The molecule has 3 nitrogen and oxygen atoms in total. The molecule has 68 valence electrons. The van der Waals surface area contributed by atoms with E-state index in [-0.39, 0.29) is 23.8 Å². The van der Waals surface area contributed by atoms with Gasteiger partial charge < -0.3 is 14.2 Å². The van der Waals surface area contributed by atoms with Crippen LogP contribution in [0.3, 0.4) is 0 Å². The van der Waals surface area contributed by atoms with Crippen LogP contribution in [-0.2, 0) is 14.2 Å². The van der Waals surface area contributed by atoms with Crippen molar-refractivity contribution in [3.05, 3.63) is 0 Å². The summed E-state index contributed by atoms with van der Waals surface area (Å²) in [7, 11) is 3.78. The number of ether oxygens (including phenoxy) is 3. The van der Waals surface area contributed by atoms with Gasteiger partial charge in [0.05, 0.1) is 12.6 Å². The fraction of sp³-hybridized carbons (Fsp3) is 1.00. The second-order valence-electron chi connectivity index (χ2n) is 3.67. The second-order valence-corrected chi connectivity index (χ2v) is 3.67. The average molecular weight is 170 g/mol. The predicted molar refractivity (Wildman–Crippen MR) is 47.0 cm³/mol. The highest BCUT2D eigenvalue weighted by Gasteiger charge is 2.59. The van der Waals surface area contributed by atoms with Gasteiger partial charge in [-0.3, -0.25) is 0 Å². The van der Waals surface area contributed by atoms with Crippen LogP contribution >= 0.6 is 0 Å². The lowest BCUT2D eigenvalue weighted by Crippen LogP contribution is -2.40. The van der Waals surface area contributed by atoms with Crippen LogP contribution in [0.5, 0.6) is 0 Å². The van der Waals surface area contributed by atoms with E-state index < -0.39 is 0 Å². The summed E-state index contributed by atoms with van der Waals surface area (Å²) in [6.07, 6.45) is 1.25. The Labute approximate surface area is 73.8 Å². The lowest BCUT2D eigenvalue weighted by atomic mass is 9.91. The Morgan fingerprint density at radius 3 is 2.83 bits per heavy atom. The molecule has 2 aliphatic heterocycles. The van der Waals surface area contributed by atoms with Crippen LogP contribution in [0.25, 0.3) is 0 Å². The van der Waals surface area contributed by atoms with Crippen LogP contribution in [0.2, 0.25) is 0 Å². The zero-order valence-corrected chi connectivity index (χ0v) is 7.87. The van der Waals surface area contributed by atoms with E-state index in [0.717, 1.165) is 6.42 Å². The molecule has 0 N–H and O–H groups in total. The van der Waals surface area contributed by atoms with Crippen molar-refractivity contribution in [2.45, 2.75) is 37.2 Å². The normalized spacial score (nSPS) is 51.7. The Balaban J connectivity index is 2.23. The first-order chi connectivity index (χ1) is 5.73. The first-order valence-electron chi connectivity index (χ1n) is 4.56. The Morgan fingerprint density at radius 2 is 2.42 bits per heavy atom. The van der Waals surface area contributed by atoms with Gasteiger partial charge in [0, 0.05) is 7.11 Å². The molecule has 0 aromatic heterocycles. The number of fused-ring (bicyclic) bond motifs is 2. The third kappa shape index (κ3) is 0.887. The van der Waals surface area contributed by atoms with E-state index in [9.17, 15) is 0 Å². The van der Waals surface area contributed by atoms with Crippen molar-refractivity contribution in [1.29, 1.82) is 0 Å². The van der Waals surface area contributed by atoms with Crippen molar-refractivity contribution < 1.29 is 14.2 Å². The van der Waals surface area contributed by atoms with Gasteiger partial charge in [-0.15, -0.1) is 0 Å². The zero-order valence-electron chi connectivity index (χ0n) is 7.87. The number of hydrogen-bond acceptors (Lipinski definition) is 3. The lowest BCUT2D eigenvalue weighted by molar-refractivity contribution is -0.120. The third-order valence-electron chi connectivity index (χ3n) is 3.07. The Bertz CT molecular complexity index is 187. The van der Waals surface area contributed by atoms with Crippen molar-refractivity contribution in [3.63, 3.8) is 0 Å². The number of hydrogen-bond donors (Lipinski definition) is 0. The summed E-state index contributed by atoms with van der Waals surface area (Å²) < 4.78 is 16.9. The number of rotatable bonds is 2. The smallest absolute Gasteiger partial charge is 0.142 e. The summed E-state index contributed by atoms with van der Waals surface area (Å²) >= 11 is 0. The summed E-state index contributed by atoms with van der Waals surface area (Å²) in [5.41, 5.74) is -0.154.